The molecule has 0 aliphatic heterocycles. The fourth-order valence-electron chi connectivity index (χ4n) is 0.288. The second kappa shape index (κ2) is 8.78. The largest absolute Gasteiger partial charge is 1.00 e. The Bertz CT molecular complexity index is 96.9. The molecule has 0 saturated carbocycles. The van der Waals surface area contributed by atoms with Crippen LogP contribution in [0.25, 0.3) is 0 Å². The van der Waals surface area contributed by atoms with Gasteiger partial charge in [0.2, 0.25) is 0 Å². The third-order valence-electron chi connectivity index (χ3n) is 0.555. The molecule has 0 aromatic rings. The van der Waals surface area contributed by atoms with Gasteiger partial charge >= 0.3 is 57.4 Å². The van der Waals surface area contributed by atoms with Crippen LogP contribution in [-0.4, -0.2) is 18.9 Å². The van der Waals surface area contributed by atoms with E-state index in [-0.39, 0.29) is 59.2 Å². The quantitative estimate of drug-likeness (QED) is 0.193. The second-order valence-corrected chi connectivity index (χ2v) is 1.18. The van der Waals surface area contributed by atoms with E-state index in [1.165, 1.54) is 0 Å². The van der Waals surface area contributed by atoms with Crippen LogP contribution in [-0.2, 0) is 14.3 Å². The number of rotatable bonds is 3. The summed E-state index contributed by atoms with van der Waals surface area (Å²) in [6.45, 7) is 2.04. The first kappa shape index (κ1) is 12.5. The minimum absolute atomic E-state index is 0. The maximum Gasteiger partial charge on any atom is 1.00 e. The molecule has 0 aliphatic carbocycles. The SMILES string of the molecule is CCOC(=O)CC=O.[H-].[K+]. The summed E-state index contributed by atoms with van der Waals surface area (Å²) in [5.74, 6) is -0.456. The van der Waals surface area contributed by atoms with Gasteiger partial charge < -0.3 is 11.0 Å². The Morgan fingerprint density at radius 2 is 2.33 bits per heavy atom. The Kier molecular flexibility index (Phi) is 12.1. The molecule has 4 heteroatoms. The van der Waals surface area contributed by atoms with E-state index in [0.717, 1.165) is 0 Å². The monoisotopic (exact) mass is 156 g/mol. The van der Waals surface area contributed by atoms with E-state index in [4.69, 9.17) is 0 Å². The Labute approximate surface area is 98.0 Å². The van der Waals surface area contributed by atoms with Crippen molar-refractivity contribution in [1.29, 1.82) is 0 Å². The molecule has 0 radical (unpaired) electrons. The summed E-state index contributed by atoms with van der Waals surface area (Å²) in [7, 11) is 0. The van der Waals surface area contributed by atoms with Gasteiger partial charge in [-0.2, -0.15) is 0 Å². The third-order valence-corrected chi connectivity index (χ3v) is 0.555. The third kappa shape index (κ3) is 8.78. The van der Waals surface area contributed by atoms with Gasteiger partial charge in [-0.1, -0.05) is 0 Å². The van der Waals surface area contributed by atoms with Gasteiger partial charge in [0.25, 0.3) is 0 Å². The first-order valence-corrected chi connectivity index (χ1v) is 2.40. The molecule has 0 N–H and O–H groups in total. The first-order chi connectivity index (χ1) is 3.81. The van der Waals surface area contributed by atoms with Crippen LogP contribution in [0.4, 0.5) is 0 Å². The van der Waals surface area contributed by atoms with Crippen molar-refractivity contribution in [3.05, 3.63) is 0 Å². The summed E-state index contributed by atoms with van der Waals surface area (Å²) < 4.78 is 4.41. The molecule has 9 heavy (non-hydrogen) atoms. The molecule has 0 fully saturated rings. The van der Waals surface area contributed by atoms with Crippen molar-refractivity contribution in [3.8, 4) is 0 Å². The van der Waals surface area contributed by atoms with Crippen molar-refractivity contribution < 1.29 is 67.1 Å². The normalized spacial score (nSPS) is 7.22. The number of hydrogen-bond acceptors (Lipinski definition) is 3. The average molecular weight is 156 g/mol. The first-order valence-electron chi connectivity index (χ1n) is 2.40. The molecular formula is C5H9KO3. The predicted octanol–water partition coefficient (Wildman–Crippen LogP) is -2.74. The molecule has 0 spiro atoms. The number of hydrogen-bond donors (Lipinski definition) is 0. The predicted molar refractivity (Wildman–Crippen MR) is 28.4 cm³/mol. The summed E-state index contributed by atoms with van der Waals surface area (Å²) in [5, 5.41) is 0. The molecule has 0 heterocycles. The van der Waals surface area contributed by atoms with Crippen molar-refractivity contribution in [1.82, 2.24) is 0 Å². The van der Waals surface area contributed by atoms with Crippen molar-refractivity contribution in [2.24, 2.45) is 0 Å². The zero-order chi connectivity index (χ0) is 6.41. The van der Waals surface area contributed by atoms with Crippen LogP contribution in [0.1, 0.15) is 14.8 Å². The van der Waals surface area contributed by atoms with Crippen LogP contribution in [0.2, 0.25) is 0 Å². The molecule has 0 atom stereocenters. The van der Waals surface area contributed by atoms with Crippen molar-refractivity contribution >= 4 is 12.3 Å². The number of carbonyl (C=O) groups excluding carboxylic acids is 2. The smallest absolute Gasteiger partial charge is 1.00 e. The number of esters is 1. The van der Waals surface area contributed by atoms with Crippen LogP contribution in [0.15, 0.2) is 0 Å². The van der Waals surface area contributed by atoms with E-state index >= 15 is 0 Å². The zero-order valence-corrected chi connectivity index (χ0v) is 8.84. The van der Waals surface area contributed by atoms with Crippen molar-refractivity contribution in [2.75, 3.05) is 6.61 Å². The van der Waals surface area contributed by atoms with Crippen molar-refractivity contribution in [2.45, 2.75) is 13.3 Å². The molecule has 0 bridgehead atoms. The number of carbonyl (C=O) groups is 2. The minimum Gasteiger partial charge on any atom is -1.00 e. The zero-order valence-electron chi connectivity index (χ0n) is 6.72. The van der Waals surface area contributed by atoms with E-state index < -0.39 is 5.97 Å². The molecule has 0 aromatic carbocycles. The fourth-order valence-corrected chi connectivity index (χ4v) is 0.288. The molecule has 0 rings (SSSR count). The van der Waals surface area contributed by atoms with E-state index in [9.17, 15) is 9.59 Å². The van der Waals surface area contributed by atoms with Crippen LogP contribution in [0.3, 0.4) is 0 Å². The van der Waals surface area contributed by atoms with Gasteiger partial charge in [-0.05, 0) is 6.92 Å². The summed E-state index contributed by atoms with van der Waals surface area (Å²) in [5.41, 5.74) is 0. The maximum atomic E-state index is 10.2. The minimum atomic E-state index is -0.456. The molecule has 0 aromatic heterocycles. The Hall–Kier alpha value is 0.776. The fraction of sp³-hybridized carbons (Fsp3) is 0.600. The standard InChI is InChI=1S/C5H8O3.K.H/c1-2-8-5(7)3-4-6;;/h4H,2-3H2,1H3;;/q;+1;-1. The Morgan fingerprint density at radius 1 is 1.78 bits per heavy atom. The summed E-state index contributed by atoms with van der Waals surface area (Å²) in [4.78, 5) is 19.8. The molecule has 0 unspecified atom stereocenters. The number of aldehydes is 1. The van der Waals surface area contributed by atoms with E-state index in [0.29, 0.717) is 12.9 Å². The van der Waals surface area contributed by atoms with E-state index in [1.54, 1.807) is 6.92 Å². The van der Waals surface area contributed by atoms with Crippen LogP contribution < -0.4 is 51.4 Å². The van der Waals surface area contributed by atoms with Gasteiger partial charge in [-0.25, -0.2) is 0 Å². The molecule has 0 aliphatic rings. The van der Waals surface area contributed by atoms with Gasteiger partial charge in [0, 0.05) is 0 Å². The van der Waals surface area contributed by atoms with Gasteiger partial charge in [-0.15, -0.1) is 0 Å². The summed E-state index contributed by atoms with van der Waals surface area (Å²) in [6.07, 6.45) is 0.395. The van der Waals surface area contributed by atoms with Crippen LogP contribution in [0.5, 0.6) is 0 Å². The van der Waals surface area contributed by atoms with Gasteiger partial charge in [0.05, 0.1) is 6.61 Å². The Balaban J connectivity index is -0.000000245. The van der Waals surface area contributed by atoms with E-state index in [1.807, 2.05) is 0 Å². The van der Waals surface area contributed by atoms with Gasteiger partial charge in [0.15, 0.2) is 0 Å². The van der Waals surface area contributed by atoms with E-state index in [2.05, 4.69) is 4.74 Å². The average Bonchev–Trinajstić information content (AvgIpc) is 1.68. The number of ether oxygens (including phenoxy) is 1. The maximum absolute atomic E-state index is 10.2. The Morgan fingerprint density at radius 3 is 2.67 bits per heavy atom. The molecule has 3 nitrogen and oxygen atoms in total. The van der Waals surface area contributed by atoms with Gasteiger partial charge in [0.1, 0.15) is 12.7 Å². The van der Waals surface area contributed by atoms with Crippen molar-refractivity contribution in [3.63, 3.8) is 0 Å². The molecule has 0 amide bonds. The molecular weight excluding hydrogens is 147 g/mol. The molecule has 48 valence electrons. The topological polar surface area (TPSA) is 43.4 Å². The summed E-state index contributed by atoms with van der Waals surface area (Å²) in [6, 6.07) is 0. The molecule has 0 saturated heterocycles. The second-order valence-electron chi connectivity index (χ2n) is 1.18. The van der Waals surface area contributed by atoms with Crippen LogP contribution in [0, 0.1) is 0 Å². The summed E-state index contributed by atoms with van der Waals surface area (Å²) >= 11 is 0. The van der Waals surface area contributed by atoms with Crippen LogP contribution >= 0.6 is 0 Å². The van der Waals surface area contributed by atoms with Gasteiger partial charge in [-0.3, -0.25) is 4.79 Å².